The minimum absolute atomic E-state index is 0.0695. The van der Waals surface area contributed by atoms with Gasteiger partial charge in [0.1, 0.15) is 0 Å². The van der Waals surface area contributed by atoms with Crippen molar-refractivity contribution in [1.29, 1.82) is 0 Å². The molecule has 0 aliphatic heterocycles. The smallest absolute Gasteiger partial charge is 0.246 e. The van der Waals surface area contributed by atoms with Gasteiger partial charge in [0.2, 0.25) is 29.5 Å². The molecule has 0 aliphatic rings. The number of amides is 5. The monoisotopic (exact) mass is 940 g/mol. The lowest BCUT2D eigenvalue weighted by molar-refractivity contribution is -0.141. The summed E-state index contributed by atoms with van der Waals surface area (Å²) >= 11 is 0. The van der Waals surface area contributed by atoms with Crippen molar-refractivity contribution in [3.8, 4) is 0 Å². The first-order valence-corrected chi connectivity index (χ1v) is 21.0. The van der Waals surface area contributed by atoms with E-state index in [0.717, 1.165) is 29.9 Å². The van der Waals surface area contributed by atoms with Crippen molar-refractivity contribution in [2.75, 3.05) is 105 Å². The molecule has 380 valence electrons. The summed E-state index contributed by atoms with van der Waals surface area (Å²) in [7, 11) is 0. The molecular formula is C43H81N5O17. The lowest BCUT2D eigenvalue weighted by Gasteiger charge is -2.23. The van der Waals surface area contributed by atoms with E-state index in [9.17, 15) is 24.0 Å². The molecule has 5 amide bonds. The van der Waals surface area contributed by atoms with Crippen LogP contribution in [0.4, 0.5) is 0 Å². The summed E-state index contributed by atoms with van der Waals surface area (Å²) in [5.41, 5.74) is 0. The minimum Gasteiger partial charge on any atom is -0.396 e. The number of carbonyl (C=O) groups is 5. The maximum absolute atomic E-state index is 11.4. The molecule has 22 nitrogen and oxygen atoms in total. The van der Waals surface area contributed by atoms with E-state index >= 15 is 0 Å². The Hall–Kier alpha value is -4.43. The number of hydrogen-bond acceptors (Lipinski definition) is 17. The fourth-order valence-corrected chi connectivity index (χ4v) is 4.78. The van der Waals surface area contributed by atoms with Crippen LogP contribution in [0.15, 0.2) is 63.3 Å². The number of aliphatic hydroxyl groups excluding tert-OH is 10. The molecule has 0 aromatic carbocycles. The Morgan fingerprint density at radius 3 is 0.800 bits per heavy atom. The molecule has 65 heavy (non-hydrogen) atoms. The van der Waals surface area contributed by atoms with E-state index in [1.165, 1.54) is 28.0 Å². The van der Waals surface area contributed by atoms with E-state index in [1.807, 2.05) is 0 Å². The van der Waals surface area contributed by atoms with Gasteiger partial charge in [0.05, 0.1) is 38.5 Å². The predicted octanol–water partition coefficient (Wildman–Crippen LogP) is -3.32. The summed E-state index contributed by atoms with van der Waals surface area (Å²) in [5.74, 6) is -1.37. The molecule has 0 rings (SSSR count). The molecule has 0 saturated carbocycles. The van der Waals surface area contributed by atoms with Crippen LogP contribution in [-0.4, -0.2) is 245 Å². The molecular weight excluding hydrogens is 858 g/mol. The first kappa shape index (κ1) is 69.6. The third kappa shape index (κ3) is 45.9. The third-order valence-electron chi connectivity index (χ3n) is 7.75. The highest BCUT2D eigenvalue weighted by atomic mass is 16.5. The van der Waals surface area contributed by atoms with Gasteiger partial charge in [0.15, 0.2) is 12.6 Å². The fraction of sp³-hybridized carbons (Fsp3) is 0.651. The van der Waals surface area contributed by atoms with Crippen molar-refractivity contribution in [3.05, 3.63) is 63.3 Å². The van der Waals surface area contributed by atoms with Crippen molar-refractivity contribution in [3.63, 3.8) is 0 Å². The van der Waals surface area contributed by atoms with E-state index in [4.69, 9.17) is 61.3 Å². The van der Waals surface area contributed by atoms with Crippen LogP contribution in [0.5, 0.6) is 0 Å². The standard InChI is InChI=1S/C11H21NO3.2C9H17NO3.C7H13NO5.C7H13NO3/c1-2-11(15)12(7-3-5-9-13)8-4-6-10-14;1-4-9(13)10(5-7(2)11)6-8(3)12;1-2-9(13)10(5-3-7-11)6-4-8-12;1-2-5(9)8(3-6(10)11)4-7(12)13;1-2-7(11)8(3-5-9)4-6-10/h2,13-14H,1,3-10H2;4,7-8,11-12H,1,5-6H2,2-3H3;2,11-12H,1,3-8H2;2,6-7,10-13H,1,3-4H2;2,9-10H,1,3-6H2. The Morgan fingerprint density at radius 2 is 0.585 bits per heavy atom. The number of aliphatic hydroxyl groups is 12. The summed E-state index contributed by atoms with van der Waals surface area (Å²) in [6.45, 7) is 22.6. The zero-order valence-electron chi connectivity index (χ0n) is 38.4. The molecule has 0 radical (unpaired) electrons. The maximum atomic E-state index is 11.4. The molecule has 0 aromatic heterocycles. The van der Waals surface area contributed by atoms with Gasteiger partial charge in [-0.05, 0) is 82.8 Å². The normalized spacial score (nSPS) is 10.9. The van der Waals surface area contributed by atoms with Gasteiger partial charge in [0.25, 0.3) is 0 Å². The van der Waals surface area contributed by atoms with Gasteiger partial charge >= 0.3 is 0 Å². The number of hydrogen-bond donors (Lipinski definition) is 12. The first-order valence-electron chi connectivity index (χ1n) is 21.0. The second-order valence-corrected chi connectivity index (χ2v) is 13.6. The molecule has 0 bridgehead atoms. The Bertz CT molecular complexity index is 1190. The quantitative estimate of drug-likeness (QED) is 0.0184. The van der Waals surface area contributed by atoms with E-state index in [-0.39, 0.29) is 103 Å². The number of nitrogens with zero attached hydrogens (tertiary/aromatic N) is 5. The Labute approximate surface area is 384 Å². The Balaban J connectivity index is -0.000000231. The summed E-state index contributed by atoms with van der Waals surface area (Å²) < 4.78 is 0. The Morgan fingerprint density at radius 1 is 0.354 bits per heavy atom. The molecule has 2 atom stereocenters. The van der Waals surface area contributed by atoms with Gasteiger partial charge in [-0.2, -0.15) is 0 Å². The highest BCUT2D eigenvalue weighted by molar-refractivity contribution is 5.88. The fourth-order valence-electron chi connectivity index (χ4n) is 4.78. The average molecular weight is 940 g/mol. The van der Waals surface area contributed by atoms with E-state index in [1.54, 1.807) is 23.6 Å². The van der Waals surface area contributed by atoms with Crippen LogP contribution in [0, 0.1) is 0 Å². The van der Waals surface area contributed by atoms with E-state index in [2.05, 4.69) is 32.9 Å². The second-order valence-electron chi connectivity index (χ2n) is 13.6. The highest BCUT2D eigenvalue weighted by Crippen LogP contribution is 2.01. The molecule has 0 heterocycles. The summed E-state index contributed by atoms with van der Waals surface area (Å²) in [6.07, 6.45) is 5.37. The topological polar surface area (TPSA) is 344 Å². The van der Waals surface area contributed by atoms with Crippen molar-refractivity contribution in [1.82, 2.24) is 24.5 Å². The van der Waals surface area contributed by atoms with Crippen LogP contribution < -0.4 is 0 Å². The second kappa shape index (κ2) is 49.0. The Kier molecular flexibility index (Phi) is 52.5. The maximum Gasteiger partial charge on any atom is 0.246 e. The molecule has 0 saturated heterocycles. The van der Waals surface area contributed by atoms with Crippen LogP contribution >= 0.6 is 0 Å². The average Bonchev–Trinajstić information content (AvgIpc) is 3.27. The van der Waals surface area contributed by atoms with Crippen LogP contribution in [0.3, 0.4) is 0 Å². The first-order chi connectivity index (χ1) is 30.7. The van der Waals surface area contributed by atoms with Gasteiger partial charge in [-0.15, -0.1) is 0 Å². The van der Waals surface area contributed by atoms with Crippen molar-refractivity contribution in [2.45, 2.75) is 77.2 Å². The van der Waals surface area contributed by atoms with E-state index < -0.39 is 30.7 Å². The van der Waals surface area contributed by atoms with Gasteiger partial charge in [-0.1, -0.05) is 32.9 Å². The zero-order valence-corrected chi connectivity index (χ0v) is 38.4. The minimum atomic E-state index is -1.71. The third-order valence-corrected chi connectivity index (χ3v) is 7.75. The largest absolute Gasteiger partial charge is 0.396 e. The molecule has 0 aliphatic carbocycles. The van der Waals surface area contributed by atoms with Crippen molar-refractivity contribution < 1.29 is 85.3 Å². The molecule has 0 aromatic rings. The number of unbranched alkanes of at least 4 members (excludes halogenated alkanes) is 2. The zero-order chi connectivity index (χ0) is 51.2. The predicted molar refractivity (Wildman–Crippen MR) is 244 cm³/mol. The van der Waals surface area contributed by atoms with Crippen LogP contribution in [0.1, 0.15) is 52.4 Å². The summed E-state index contributed by atoms with van der Waals surface area (Å²) in [5, 5.41) is 104. The van der Waals surface area contributed by atoms with E-state index in [0.29, 0.717) is 51.9 Å². The van der Waals surface area contributed by atoms with Gasteiger partial charge in [0, 0.05) is 78.8 Å². The summed E-state index contributed by atoms with van der Waals surface area (Å²) in [4.78, 5) is 62.4. The highest BCUT2D eigenvalue weighted by Gasteiger charge is 2.17. The lowest BCUT2D eigenvalue weighted by atomic mass is 10.2. The van der Waals surface area contributed by atoms with Gasteiger partial charge in [-0.25, -0.2) is 0 Å². The lowest BCUT2D eigenvalue weighted by Crippen LogP contribution is -2.41. The van der Waals surface area contributed by atoms with Gasteiger partial charge in [-0.3, -0.25) is 24.0 Å². The van der Waals surface area contributed by atoms with Crippen molar-refractivity contribution >= 4 is 29.5 Å². The summed E-state index contributed by atoms with van der Waals surface area (Å²) in [6, 6.07) is 0. The van der Waals surface area contributed by atoms with Crippen molar-refractivity contribution in [2.24, 2.45) is 0 Å². The van der Waals surface area contributed by atoms with Crippen LogP contribution in [-0.2, 0) is 24.0 Å². The molecule has 12 N–H and O–H groups in total. The number of carbonyl (C=O) groups excluding carboxylic acids is 5. The molecule has 0 spiro atoms. The molecule has 22 heteroatoms. The SMILES string of the molecule is C=CC(=O)N(CC(C)O)CC(C)O.C=CC(=O)N(CC(O)O)CC(O)O.C=CC(=O)N(CCCCO)CCCCO.C=CC(=O)N(CCCO)CCCO.C=CC(=O)N(CCO)CCO. The molecule has 0 fully saturated rings. The van der Waals surface area contributed by atoms with Crippen LogP contribution in [0.2, 0.25) is 0 Å². The molecule has 2 unspecified atom stereocenters. The number of rotatable bonds is 31. The van der Waals surface area contributed by atoms with Gasteiger partial charge < -0.3 is 85.8 Å². The van der Waals surface area contributed by atoms with Crippen LogP contribution in [0.25, 0.3) is 0 Å².